The van der Waals surface area contributed by atoms with Crippen molar-refractivity contribution >= 4 is 52.5 Å². The van der Waals surface area contributed by atoms with E-state index in [4.69, 9.17) is 16.3 Å². The molecule has 35 heavy (non-hydrogen) atoms. The lowest BCUT2D eigenvalue weighted by Crippen LogP contribution is -2.21. The minimum Gasteiger partial charge on any atom is -0.456 e. The quantitative estimate of drug-likeness (QED) is 0.308. The van der Waals surface area contributed by atoms with Gasteiger partial charge in [-0.3, -0.25) is 14.4 Å². The first-order chi connectivity index (χ1) is 16.8. The highest BCUT2D eigenvalue weighted by molar-refractivity contribution is 7.99. The number of carbonyl (C=O) groups is 3. The molecule has 0 spiro atoms. The summed E-state index contributed by atoms with van der Waals surface area (Å²) in [4.78, 5) is 38.3. The minimum absolute atomic E-state index is 0.0564. The highest BCUT2D eigenvalue weighted by Crippen LogP contribution is 2.29. The summed E-state index contributed by atoms with van der Waals surface area (Å²) in [5.41, 5.74) is 3.32. The van der Waals surface area contributed by atoms with E-state index in [1.807, 2.05) is 80.6 Å². The zero-order valence-corrected chi connectivity index (χ0v) is 21.2. The number of amides is 2. The van der Waals surface area contributed by atoms with Gasteiger partial charge in [0.1, 0.15) is 0 Å². The normalized spacial score (nSPS) is 10.5. The van der Waals surface area contributed by atoms with Gasteiger partial charge in [0.15, 0.2) is 6.61 Å². The van der Waals surface area contributed by atoms with Gasteiger partial charge in [-0.15, -0.1) is 0 Å². The lowest BCUT2D eigenvalue weighted by atomic mass is 10.1. The Hall–Kier alpha value is -3.29. The van der Waals surface area contributed by atoms with Gasteiger partial charge in [-0.25, -0.2) is 0 Å². The molecule has 2 amide bonds. The first kappa shape index (κ1) is 26.3. The maximum Gasteiger partial charge on any atom is 0.306 e. The zero-order chi connectivity index (χ0) is 25.2. The lowest BCUT2D eigenvalue weighted by Gasteiger charge is -2.10. The third kappa shape index (κ3) is 9.11. The first-order valence-electron chi connectivity index (χ1n) is 11.1. The minimum atomic E-state index is -0.516. The molecule has 0 bridgehead atoms. The molecular formula is C27H27ClN2O4S. The molecule has 0 unspecified atom stereocenters. The third-order valence-corrected chi connectivity index (χ3v) is 6.27. The van der Waals surface area contributed by atoms with Crippen molar-refractivity contribution in [3.63, 3.8) is 0 Å². The van der Waals surface area contributed by atoms with E-state index >= 15 is 0 Å². The molecule has 0 aromatic heterocycles. The highest BCUT2D eigenvalue weighted by atomic mass is 35.5. The standard InChI is InChI=1S/C27H27ClN2O4S/c1-18-6-7-19(2)24(16-18)30-26(32)17-34-27(33)5-3-4-25(31)29-21-10-14-23(15-11-21)35-22-12-8-20(28)9-13-22/h6-16H,3-5,17H2,1-2H3,(H,29,31)(H,30,32). The van der Waals surface area contributed by atoms with Crippen LogP contribution in [0.15, 0.2) is 76.5 Å². The second-order valence-electron chi connectivity index (χ2n) is 8.01. The molecule has 0 radical (unpaired) electrons. The Morgan fingerprint density at radius 2 is 1.49 bits per heavy atom. The Kier molecular flexibility index (Phi) is 9.76. The van der Waals surface area contributed by atoms with E-state index < -0.39 is 11.9 Å². The number of esters is 1. The Bertz CT molecular complexity index is 1180. The molecule has 8 heteroatoms. The largest absolute Gasteiger partial charge is 0.456 e. The predicted molar refractivity (Wildman–Crippen MR) is 140 cm³/mol. The molecule has 0 aliphatic heterocycles. The lowest BCUT2D eigenvalue weighted by molar-refractivity contribution is -0.147. The van der Waals surface area contributed by atoms with Crippen molar-refractivity contribution < 1.29 is 19.1 Å². The van der Waals surface area contributed by atoms with E-state index in [1.165, 1.54) is 0 Å². The molecular weight excluding hydrogens is 484 g/mol. The Morgan fingerprint density at radius 3 is 2.17 bits per heavy atom. The summed E-state index contributed by atoms with van der Waals surface area (Å²) in [7, 11) is 0. The molecule has 0 atom stereocenters. The van der Waals surface area contributed by atoms with Crippen LogP contribution < -0.4 is 10.6 Å². The van der Waals surface area contributed by atoms with Crippen LogP contribution in [-0.2, 0) is 19.1 Å². The smallest absolute Gasteiger partial charge is 0.306 e. The highest BCUT2D eigenvalue weighted by Gasteiger charge is 2.11. The van der Waals surface area contributed by atoms with Crippen LogP contribution in [0.4, 0.5) is 11.4 Å². The summed E-state index contributed by atoms with van der Waals surface area (Å²) >= 11 is 7.51. The fourth-order valence-corrected chi connectivity index (χ4v) is 4.08. The number of rotatable bonds is 10. The van der Waals surface area contributed by atoms with Crippen molar-refractivity contribution in [3.05, 3.63) is 82.9 Å². The van der Waals surface area contributed by atoms with Crippen LogP contribution in [-0.4, -0.2) is 24.4 Å². The van der Waals surface area contributed by atoms with E-state index in [2.05, 4.69) is 10.6 Å². The van der Waals surface area contributed by atoms with E-state index in [0.29, 0.717) is 22.8 Å². The number of carbonyl (C=O) groups excluding carboxylic acids is 3. The van der Waals surface area contributed by atoms with Crippen LogP contribution in [0.3, 0.4) is 0 Å². The van der Waals surface area contributed by atoms with E-state index in [1.54, 1.807) is 11.8 Å². The fraction of sp³-hybridized carbons (Fsp3) is 0.222. The molecule has 182 valence electrons. The number of aryl methyl sites for hydroxylation is 2. The first-order valence-corrected chi connectivity index (χ1v) is 12.3. The molecule has 3 aromatic rings. The maximum atomic E-state index is 12.2. The van der Waals surface area contributed by atoms with Crippen molar-refractivity contribution in [1.82, 2.24) is 0 Å². The Labute approximate surface area is 214 Å². The maximum absolute atomic E-state index is 12.2. The monoisotopic (exact) mass is 510 g/mol. The number of nitrogens with one attached hydrogen (secondary N) is 2. The van der Waals surface area contributed by atoms with Gasteiger partial charge >= 0.3 is 5.97 Å². The van der Waals surface area contributed by atoms with Crippen molar-refractivity contribution in [1.29, 1.82) is 0 Å². The number of benzene rings is 3. The number of ether oxygens (including phenoxy) is 1. The molecule has 3 aromatic carbocycles. The summed E-state index contributed by atoms with van der Waals surface area (Å²) in [6, 6.07) is 20.8. The molecule has 0 fully saturated rings. The molecule has 0 aliphatic carbocycles. The van der Waals surface area contributed by atoms with Gasteiger partial charge in [-0.05, 0) is 86.0 Å². The summed E-state index contributed by atoms with van der Waals surface area (Å²) in [5.74, 6) is -1.11. The molecule has 2 N–H and O–H groups in total. The average molecular weight is 511 g/mol. The van der Waals surface area contributed by atoms with Crippen LogP contribution in [0.25, 0.3) is 0 Å². The summed E-state index contributed by atoms with van der Waals surface area (Å²) in [5, 5.41) is 6.25. The van der Waals surface area contributed by atoms with Crippen molar-refractivity contribution in [2.75, 3.05) is 17.2 Å². The van der Waals surface area contributed by atoms with Crippen LogP contribution in [0.5, 0.6) is 0 Å². The average Bonchev–Trinajstić information content (AvgIpc) is 2.83. The topological polar surface area (TPSA) is 84.5 Å². The van der Waals surface area contributed by atoms with Crippen LogP contribution in [0.2, 0.25) is 5.02 Å². The van der Waals surface area contributed by atoms with Gasteiger partial charge in [0.2, 0.25) is 5.91 Å². The predicted octanol–water partition coefficient (Wildman–Crippen LogP) is 6.40. The Balaban J connectivity index is 1.33. The number of anilines is 2. The number of halogens is 1. The van der Waals surface area contributed by atoms with Crippen molar-refractivity contribution in [2.24, 2.45) is 0 Å². The summed E-state index contributed by atoms with van der Waals surface area (Å²) in [6.07, 6.45) is 0.555. The molecule has 0 heterocycles. The molecule has 0 saturated heterocycles. The van der Waals surface area contributed by atoms with E-state index in [-0.39, 0.29) is 25.4 Å². The van der Waals surface area contributed by atoms with Crippen molar-refractivity contribution in [2.45, 2.75) is 42.9 Å². The molecule has 0 saturated carbocycles. The summed E-state index contributed by atoms with van der Waals surface area (Å²) < 4.78 is 5.02. The van der Waals surface area contributed by atoms with Gasteiger partial charge in [-0.1, -0.05) is 35.5 Å². The van der Waals surface area contributed by atoms with Crippen molar-refractivity contribution in [3.8, 4) is 0 Å². The van der Waals surface area contributed by atoms with Crippen LogP contribution >= 0.6 is 23.4 Å². The SMILES string of the molecule is Cc1ccc(C)c(NC(=O)COC(=O)CCCC(=O)Nc2ccc(Sc3ccc(Cl)cc3)cc2)c1. The van der Waals surface area contributed by atoms with Gasteiger partial charge in [0, 0.05) is 39.0 Å². The van der Waals surface area contributed by atoms with Gasteiger partial charge in [-0.2, -0.15) is 0 Å². The van der Waals surface area contributed by atoms with E-state index in [9.17, 15) is 14.4 Å². The van der Waals surface area contributed by atoms with Gasteiger partial charge in [0.25, 0.3) is 5.91 Å². The zero-order valence-electron chi connectivity index (χ0n) is 19.6. The fourth-order valence-electron chi connectivity index (χ4n) is 3.14. The number of hydrogen-bond donors (Lipinski definition) is 2. The second kappa shape index (κ2) is 13.0. The summed E-state index contributed by atoms with van der Waals surface area (Å²) in [6.45, 7) is 3.46. The van der Waals surface area contributed by atoms with E-state index in [0.717, 1.165) is 20.9 Å². The van der Waals surface area contributed by atoms with Crippen LogP contribution in [0.1, 0.15) is 30.4 Å². The van der Waals surface area contributed by atoms with Crippen LogP contribution in [0, 0.1) is 13.8 Å². The Morgan fingerprint density at radius 1 is 0.829 bits per heavy atom. The molecule has 0 aliphatic rings. The third-order valence-electron chi connectivity index (χ3n) is 5.00. The van der Waals surface area contributed by atoms with Gasteiger partial charge < -0.3 is 15.4 Å². The molecule has 3 rings (SSSR count). The molecule has 6 nitrogen and oxygen atoms in total. The number of hydrogen-bond acceptors (Lipinski definition) is 5. The second-order valence-corrected chi connectivity index (χ2v) is 9.59. The van der Waals surface area contributed by atoms with Gasteiger partial charge in [0.05, 0.1) is 0 Å².